The summed E-state index contributed by atoms with van der Waals surface area (Å²) in [7, 11) is 0. The zero-order valence-corrected chi connectivity index (χ0v) is 21.7. The van der Waals surface area contributed by atoms with E-state index in [-0.39, 0.29) is 29.0 Å². The van der Waals surface area contributed by atoms with Crippen molar-refractivity contribution in [1.82, 2.24) is 0 Å². The van der Waals surface area contributed by atoms with Crippen LogP contribution in [-0.4, -0.2) is 34.7 Å². The van der Waals surface area contributed by atoms with Crippen molar-refractivity contribution in [3.05, 3.63) is 55.5 Å². The molecule has 31 heavy (non-hydrogen) atoms. The number of hydrogen-bond donors (Lipinski definition) is 2. The fourth-order valence-electron chi connectivity index (χ4n) is 3.80. The molecule has 2 aromatic carbocycles. The highest BCUT2D eigenvalue weighted by atomic mass is 79.9. The lowest BCUT2D eigenvalue weighted by Crippen LogP contribution is -2.27. The van der Waals surface area contributed by atoms with Gasteiger partial charge in [-0.2, -0.15) is 0 Å². The Labute approximate surface area is 201 Å². The van der Waals surface area contributed by atoms with Gasteiger partial charge in [0.25, 0.3) is 0 Å². The van der Waals surface area contributed by atoms with Gasteiger partial charge in [-0.25, -0.2) is 0 Å². The molecule has 3 rings (SSSR count). The predicted octanol–water partition coefficient (Wildman–Crippen LogP) is 7.08. The molecule has 166 valence electrons. The molecule has 2 atom stereocenters. The smallest absolute Gasteiger partial charge is 0.138 e. The fourth-order valence-corrected chi connectivity index (χ4v) is 4.87. The van der Waals surface area contributed by atoms with Gasteiger partial charge in [-0.15, -0.1) is 0 Å². The average molecular weight is 550 g/mol. The highest BCUT2D eigenvalue weighted by molar-refractivity contribution is 9.10. The molecule has 2 N–H and O–H groups in total. The third kappa shape index (κ3) is 5.98. The average Bonchev–Trinajstić information content (AvgIpc) is 2.70. The van der Waals surface area contributed by atoms with Crippen LogP contribution in [0.25, 0.3) is 0 Å². The molecule has 0 saturated heterocycles. The second-order valence-electron chi connectivity index (χ2n) is 9.31. The summed E-state index contributed by atoms with van der Waals surface area (Å²) in [5.41, 5.74) is 3.59. The van der Waals surface area contributed by atoms with E-state index in [2.05, 4.69) is 52.6 Å². The summed E-state index contributed by atoms with van der Waals surface area (Å²) in [6.07, 6.45) is 7.71. The first-order valence-electron chi connectivity index (χ1n) is 10.6. The molecule has 0 bridgehead atoms. The SMILES string of the molecule is Cc1cc(Br)c(O)c(C=N[C@@H]2CCCC[C@H]2N=Cc2cc(C(C)(C)C)cc(Br)c2O)c1. The Balaban J connectivity index is 1.85. The molecule has 2 aromatic rings. The highest BCUT2D eigenvalue weighted by Gasteiger charge is 2.24. The zero-order chi connectivity index (χ0) is 22.8. The van der Waals surface area contributed by atoms with Crippen LogP contribution in [0.15, 0.2) is 43.2 Å². The largest absolute Gasteiger partial charge is 0.506 e. The first-order valence-corrected chi connectivity index (χ1v) is 12.2. The Bertz CT molecular complexity index is 1010. The number of rotatable bonds is 4. The molecule has 4 nitrogen and oxygen atoms in total. The number of aryl methyl sites for hydroxylation is 1. The predicted molar refractivity (Wildman–Crippen MR) is 136 cm³/mol. The molecular weight excluding hydrogens is 520 g/mol. The maximum absolute atomic E-state index is 10.5. The van der Waals surface area contributed by atoms with Crippen molar-refractivity contribution in [2.45, 2.75) is 70.9 Å². The van der Waals surface area contributed by atoms with Crippen molar-refractivity contribution in [3.8, 4) is 11.5 Å². The van der Waals surface area contributed by atoms with Gasteiger partial charge in [0, 0.05) is 23.6 Å². The highest BCUT2D eigenvalue weighted by Crippen LogP contribution is 2.34. The first kappa shape index (κ1) is 24.0. The quantitative estimate of drug-likeness (QED) is 0.400. The van der Waals surface area contributed by atoms with E-state index in [1.807, 2.05) is 31.2 Å². The summed E-state index contributed by atoms with van der Waals surface area (Å²) >= 11 is 6.87. The number of phenols is 2. The van der Waals surface area contributed by atoms with Gasteiger partial charge in [0.15, 0.2) is 0 Å². The van der Waals surface area contributed by atoms with E-state index in [1.54, 1.807) is 12.4 Å². The van der Waals surface area contributed by atoms with Crippen LogP contribution >= 0.6 is 31.9 Å². The zero-order valence-electron chi connectivity index (χ0n) is 18.5. The number of hydrogen-bond acceptors (Lipinski definition) is 4. The lowest BCUT2D eigenvalue weighted by atomic mass is 9.86. The summed E-state index contributed by atoms with van der Waals surface area (Å²) in [5, 5.41) is 20.8. The topological polar surface area (TPSA) is 65.2 Å². The number of phenolic OH excluding ortho intramolecular Hbond substituents is 2. The van der Waals surface area contributed by atoms with Crippen LogP contribution in [-0.2, 0) is 5.41 Å². The Morgan fingerprint density at radius 2 is 1.32 bits per heavy atom. The number of nitrogens with zero attached hydrogens (tertiary/aromatic N) is 2. The van der Waals surface area contributed by atoms with E-state index >= 15 is 0 Å². The minimum atomic E-state index is -0.0272. The Hall–Kier alpha value is -1.66. The van der Waals surface area contributed by atoms with Crippen molar-refractivity contribution < 1.29 is 10.2 Å². The van der Waals surface area contributed by atoms with Crippen LogP contribution in [0.5, 0.6) is 11.5 Å². The lowest BCUT2D eigenvalue weighted by Gasteiger charge is -2.26. The number of halogens is 2. The van der Waals surface area contributed by atoms with Gasteiger partial charge < -0.3 is 10.2 Å². The van der Waals surface area contributed by atoms with E-state index in [9.17, 15) is 10.2 Å². The third-order valence-electron chi connectivity index (χ3n) is 5.70. The van der Waals surface area contributed by atoms with Crippen LogP contribution < -0.4 is 0 Å². The third-order valence-corrected chi connectivity index (χ3v) is 6.91. The van der Waals surface area contributed by atoms with Gasteiger partial charge in [0.1, 0.15) is 11.5 Å². The van der Waals surface area contributed by atoms with E-state index in [1.165, 1.54) is 0 Å². The van der Waals surface area contributed by atoms with Crippen molar-refractivity contribution in [1.29, 1.82) is 0 Å². The normalized spacial score (nSPS) is 20.1. The van der Waals surface area contributed by atoms with Crippen molar-refractivity contribution >= 4 is 44.3 Å². The molecule has 1 aliphatic carbocycles. The Morgan fingerprint density at radius 3 is 1.84 bits per heavy atom. The van der Waals surface area contributed by atoms with E-state index in [0.717, 1.165) is 36.8 Å². The van der Waals surface area contributed by atoms with E-state index in [0.29, 0.717) is 20.1 Å². The minimum absolute atomic E-state index is 0.0272. The molecule has 1 fully saturated rings. The second-order valence-corrected chi connectivity index (χ2v) is 11.0. The first-order chi connectivity index (χ1) is 14.6. The molecule has 6 heteroatoms. The van der Waals surface area contributed by atoms with Crippen molar-refractivity contribution in [3.63, 3.8) is 0 Å². The lowest BCUT2D eigenvalue weighted by molar-refractivity contribution is 0.390. The van der Waals surface area contributed by atoms with E-state index in [4.69, 9.17) is 9.98 Å². The summed E-state index contributed by atoms with van der Waals surface area (Å²) in [6.45, 7) is 8.44. The molecule has 0 aromatic heterocycles. The molecule has 0 aliphatic heterocycles. The van der Waals surface area contributed by atoms with E-state index < -0.39 is 0 Å². The maximum Gasteiger partial charge on any atom is 0.138 e. The molecule has 1 aliphatic rings. The van der Waals surface area contributed by atoms with Crippen molar-refractivity contribution in [2.75, 3.05) is 0 Å². The molecule has 0 heterocycles. The van der Waals surface area contributed by atoms with Crippen LogP contribution in [0.1, 0.15) is 68.7 Å². The van der Waals surface area contributed by atoms with Gasteiger partial charge in [0.2, 0.25) is 0 Å². The molecule has 0 spiro atoms. The summed E-state index contributed by atoms with van der Waals surface area (Å²) < 4.78 is 1.35. The van der Waals surface area contributed by atoms with Gasteiger partial charge in [-0.3, -0.25) is 9.98 Å². The minimum Gasteiger partial charge on any atom is -0.506 e. The number of aromatic hydroxyl groups is 2. The van der Waals surface area contributed by atoms with Gasteiger partial charge in [-0.1, -0.05) is 33.6 Å². The maximum atomic E-state index is 10.5. The molecule has 1 saturated carbocycles. The van der Waals surface area contributed by atoms with Crippen LogP contribution in [0.4, 0.5) is 0 Å². The standard InChI is InChI=1S/C25H30Br2N2O2/c1-15-9-16(23(30)19(26)10-15)13-28-21-7-5-6-8-22(21)29-14-17-11-18(25(2,3)4)12-20(27)24(17)31/h9-14,21-22,30-31H,5-8H2,1-4H3/t21-,22-/m1/s1. The summed E-state index contributed by atoms with van der Waals surface area (Å²) in [4.78, 5) is 9.63. The van der Waals surface area contributed by atoms with Gasteiger partial charge in [0.05, 0.1) is 21.0 Å². The Morgan fingerprint density at radius 1 is 0.839 bits per heavy atom. The van der Waals surface area contributed by atoms with Crippen molar-refractivity contribution in [2.24, 2.45) is 9.98 Å². The Kier molecular flexibility index (Phi) is 7.63. The molecular formula is C25H30Br2N2O2. The molecule has 0 amide bonds. The van der Waals surface area contributed by atoms with Gasteiger partial charge >= 0.3 is 0 Å². The van der Waals surface area contributed by atoms with Crippen LogP contribution in [0.2, 0.25) is 0 Å². The fraction of sp³-hybridized carbons (Fsp3) is 0.440. The number of aliphatic imine (C=N–C) groups is 2. The van der Waals surface area contributed by atoms with Crippen LogP contribution in [0, 0.1) is 6.92 Å². The molecule has 0 radical (unpaired) electrons. The summed E-state index contributed by atoms with van der Waals surface area (Å²) in [5.74, 6) is 0.418. The van der Waals surface area contributed by atoms with Crippen LogP contribution in [0.3, 0.4) is 0 Å². The van der Waals surface area contributed by atoms with Gasteiger partial charge in [-0.05, 0) is 92.4 Å². The molecule has 0 unspecified atom stereocenters. The monoisotopic (exact) mass is 548 g/mol. The second kappa shape index (κ2) is 9.86. The number of benzene rings is 2. The summed E-state index contributed by atoms with van der Waals surface area (Å²) in [6, 6.07) is 7.89.